The molecule has 20 heavy (non-hydrogen) atoms. The Morgan fingerprint density at radius 2 is 2.10 bits per heavy atom. The van der Waals surface area contributed by atoms with Crippen molar-refractivity contribution in [3.05, 3.63) is 46.4 Å². The quantitative estimate of drug-likeness (QED) is 0.882. The number of fused-ring (bicyclic) bond motifs is 1. The highest BCUT2D eigenvalue weighted by molar-refractivity contribution is 6.30. The number of anilines is 1. The Morgan fingerprint density at radius 1 is 1.30 bits per heavy atom. The number of benzene rings is 1. The van der Waals surface area contributed by atoms with Crippen molar-refractivity contribution < 1.29 is 4.74 Å². The van der Waals surface area contributed by atoms with E-state index in [-0.39, 0.29) is 6.10 Å². The number of rotatable bonds is 3. The molecule has 2 aromatic rings. The Hall–Kier alpha value is -1.81. The Bertz CT molecular complexity index is 620. The summed E-state index contributed by atoms with van der Waals surface area (Å²) in [5.41, 5.74) is 2.13. The lowest BCUT2D eigenvalue weighted by Crippen LogP contribution is -2.24. The molecule has 1 aliphatic rings. The van der Waals surface area contributed by atoms with Crippen molar-refractivity contribution in [1.29, 1.82) is 0 Å². The van der Waals surface area contributed by atoms with Crippen molar-refractivity contribution >= 4 is 17.4 Å². The molecule has 0 radical (unpaired) electrons. The molecule has 4 nitrogen and oxygen atoms in total. The molecule has 2 heterocycles. The number of hydrogen-bond acceptors (Lipinski definition) is 4. The summed E-state index contributed by atoms with van der Waals surface area (Å²) in [6.07, 6.45) is 1.04. The lowest BCUT2D eigenvalue weighted by atomic mass is 10.1. The second-order valence-electron chi connectivity index (χ2n) is 4.97. The standard InChI is InChI=1S/C15H16ClN3O/c1-9-14(16)18-10(2)19-15(9)17-8-12-7-11-5-3-4-6-13(11)20-12/h3-6,12H,7-8H2,1-2H3,(H,17,18,19). The number of aryl methyl sites for hydroxylation is 1. The number of halogens is 1. The Kier molecular flexibility index (Phi) is 3.49. The zero-order chi connectivity index (χ0) is 14.1. The van der Waals surface area contributed by atoms with Gasteiger partial charge in [0.25, 0.3) is 0 Å². The molecule has 104 valence electrons. The van der Waals surface area contributed by atoms with Gasteiger partial charge in [0.1, 0.15) is 28.6 Å². The highest BCUT2D eigenvalue weighted by Gasteiger charge is 2.22. The third-order valence-electron chi connectivity index (χ3n) is 3.41. The molecule has 1 atom stereocenters. The number of hydrogen-bond donors (Lipinski definition) is 1. The third kappa shape index (κ3) is 2.56. The zero-order valence-corrected chi connectivity index (χ0v) is 12.2. The highest BCUT2D eigenvalue weighted by atomic mass is 35.5. The minimum absolute atomic E-state index is 0.126. The summed E-state index contributed by atoms with van der Waals surface area (Å²) in [5, 5.41) is 3.81. The van der Waals surface area contributed by atoms with Crippen molar-refractivity contribution in [2.24, 2.45) is 0 Å². The lowest BCUT2D eigenvalue weighted by Gasteiger charge is -2.14. The summed E-state index contributed by atoms with van der Waals surface area (Å²) in [6, 6.07) is 8.14. The van der Waals surface area contributed by atoms with Crippen molar-refractivity contribution in [3.63, 3.8) is 0 Å². The van der Waals surface area contributed by atoms with Gasteiger partial charge in [0.2, 0.25) is 0 Å². The van der Waals surface area contributed by atoms with Gasteiger partial charge in [-0.3, -0.25) is 0 Å². The van der Waals surface area contributed by atoms with Gasteiger partial charge in [-0.15, -0.1) is 0 Å². The first-order valence-corrected chi connectivity index (χ1v) is 7.00. The maximum Gasteiger partial charge on any atom is 0.137 e. The molecule has 0 amide bonds. The number of ether oxygens (including phenoxy) is 1. The second-order valence-corrected chi connectivity index (χ2v) is 5.33. The van der Waals surface area contributed by atoms with E-state index in [1.54, 1.807) is 0 Å². The number of nitrogens with one attached hydrogen (secondary N) is 1. The molecule has 1 unspecified atom stereocenters. The minimum atomic E-state index is 0.126. The molecule has 0 aliphatic carbocycles. The fourth-order valence-electron chi connectivity index (χ4n) is 2.34. The maximum absolute atomic E-state index is 6.07. The van der Waals surface area contributed by atoms with Gasteiger partial charge in [-0.25, -0.2) is 9.97 Å². The molecule has 5 heteroatoms. The first-order valence-electron chi connectivity index (χ1n) is 6.62. The first-order chi connectivity index (χ1) is 9.63. The van der Waals surface area contributed by atoms with Gasteiger partial charge in [0.05, 0.1) is 6.54 Å². The van der Waals surface area contributed by atoms with Crippen LogP contribution in [0.3, 0.4) is 0 Å². The first kappa shape index (κ1) is 13.2. The van der Waals surface area contributed by atoms with Crippen LogP contribution in [0.25, 0.3) is 0 Å². The molecule has 1 aromatic heterocycles. The Labute approximate surface area is 123 Å². The lowest BCUT2D eigenvalue weighted by molar-refractivity contribution is 0.246. The van der Waals surface area contributed by atoms with Crippen LogP contribution in [-0.2, 0) is 6.42 Å². The van der Waals surface area contributed by atoms with Crippen molar-refractivity contribution in [3.8, 4) is 5.75 Å². The normalized spacial score (nSPS) is 16.6. The van der Waals surface area contributed by atoms with E-state index in [2.05, 4.69) is 21.4 Å². The van der Waals surface area contributed by atoms with Gasteiger partial charge < -0.3 is 10.1 Å². The van der Waals surface area contributed by atoms with Crippen molar-refractivity contribution in [1.82, 2.24) is 9.97 Å². The van der Waals surface area contributed by atoms with E-state index in [1.807, 2.05) is 32.0 Å². The van der Waals surface area contributed by atoms with Gasteiger partial charge in [-0.05, 0) is 25.5 Å². The predicted octanol–water partition coefficient (Wildman–Crippen LogP) is 3.16. The number of para-hydroxylation sites is 1. The van der Waals surface area contributed by atoms with Gasteiger partial charge in [0.15, 0.2) is 0 Å². The maximum atomic E-state index is 6.07. The van der Waals surface area contributed by atoms with Gasteiger partial charge in [-0.1, -0.05) is 29.8 Å². The van der Waals surface area contributed by atoms with E-state index < -0.39 is 0 Å². The monoisotopic (exact) mass is 289 g/mol. The molecule has 3 rings (SSSR count). The molecule has 0 spiro atoms. The van der Waals surface area contributed by atoms with E-state index in [4.69, 9.17) is 16.3 Å². The smallest absolute Gasteiger partial charge is 0.137 e. The topological polar surface area (TPSA) is 47.0 Å². The van der Waals surface area contributed by atoms with Crippen molar-refractivity contribution in [2.45, 2.75) is 26.4 Å². The molecular formula is C15H16ClN3O. The van der Waals surface area contributed by atoms with E-state index in [0.29, 0.717) is 17.5 Å². The number of aromatic nitrogens is 2. The molecule has 1 N–H and O–H groups in total. The summed E-state index contributed by atoms with van der Waals surface area (Å²) in [4.78, 5) is 8.51. The second kappa shape index (κ2) is 5.29. The van der Waals surface area contributed by atoms with Crippen LogP contribution in [0.2, 0.25) is 5.15 Å². The van der Waals surface area contributed by atoms with E-state index in [1.165, 1.54) is 5.56 Å². The zero-order valence-electron chi connectivity index (χ0n) is 11.5. The predicted molar refractivity (Wildman–Crippen MR) is 79.6 cm³/mol. The minimum Gasteiger partial charge on any atom is -0.488 e. The van der Waals surface area contributed by atoms with Gasteiger partial charge in [0, 0.05) is 12.0 Å². The summed E-state index contributed by atoms with van der Waals surface area (Å²) in [5.74, 6) is 2.42. The van der Waals surface area contributed by atoms with Gasteiger partial charge >= 0.3 is 0 Å². The fourth-order valence-corrected chi connectivity index (χ4v) is 2.56. The Morgan fingerprint density at radius 3 is 2.90 bits per heavy atom. The SMILES string of the molecule is Cc1nc(Cl)c(C)c(NCC2Cc3ccccc3O2)n1. The highest BCUT2D eigenvalue weighted by Crippen LogP contribution is 2.28. The van der Waals surface area contributed by atoms with Crippen LogP contribution >= 0.6 is 11.6 Å². The van der Waals surface area contributed by atoms with Crippen LogP contribution in [0.4, 0.5) is 5.82 Å². The summed E-state index contributed by atoms with van der Waals surface area (Å²) >= 11 is 6.07. The van der Waals surface area contributed by atoms with Crippen LogP contribution < -0.4 is 10.1 Å². The van der Waals surface area contributed by atoms with Crippen LogP contribution in [0.15, 0.2) is 24.3 Å². The molecule has 1 aromatic carbocycles. The van der Waals surface area contributed by atoms with Crippen LogP contribution in [0.5, 0.6) is 5.75 Å². The average molecular weight is 290 g/mol. The Balaban J connectivity index is 1.67. The van der Waals surface area contributed by atoms with E-state index >= 15 is 0 Å². The molecular weight excluding hydrogens is 274 g/mol. The molecule has 0 fully saturated rings. The summed E-state index contributed by atoms with van der Waals surface area (Å²) in [7, 11) is 0. The third-order valence-corrected chi connectivity index (χ3v) is 3.78. The van der Waals surface area contributed by atoms with Gasteiger partial charge in [-0.2, -0.15) is 0 Å². The van der Waals surface area contributed by atoms with Crippen molar-refractivity contribution in [2.75, 3.05) is 11.9 Å². The molecule has 0 saturated heterocycles. The largest absolute Gasteiger partial charge is 0.488 e. The van der Waals surface area contributed by atoms with Crippen LogP contribution in [0.1, 0.15) is 17.0 Å². The van der Waals surface area contributed by atoms with E-state index in [9.17, 15) is 0 Å². The number of nitrogens with zero attached hydrogens (tertiary/aromatic N) is 2. The van der Waals surface area contributed by atoms with Crippen LogP contribution in [-0.4, -0.2) is 22.6 Å². The molecule has 1 aliphatic heterocycles. The molecule has 0 saturated carbocycles. The average Bonchev–Trinajstić information content (AvgIpc) is 2.84. The summed E-state index contributed by atoms with van der Waals surface area (Å²) < 4.78 is 5.89. The molecule has 0 bridgehead atoms. The van der Waals surface area contributed by atoms with Crippen LogP contribution in [0, 0.1) is 13.8 Å². The summed E-state index contributed by atoms with van der Waals surface area (Å²) in [6.45, 7) is 4.44. The van der Waals surface area contributed by atoms with E-state index in [0.717, 1.165) is 23.6 Å². The fraction of sp³-hybridized carbons (Fsp3) is 0.333.